The van der Waals surface area contributed by atoms with E-state index in [1.807, 2.05) is 6.07 Å². The molecular weight excluding hydrogens is 333 g/mol. The molecule has 0 heterocycles. The summed E-state index contributed by atoms with van der Waals surface area (Å²) in [4.78, 5) is 2.21. The first kappa shape index (κ1) is 18.5. The molecule has 1 fully saturated rings. The second kappa shape index (κ2) is 7.53. The molecular formula is C22H29ClFN. The molecule has 0 aliphatic heterocycles. The van der Waals surface area contributed by atoms with Gasteiger partial charge in [0.25, 0.3) is 0 Å². The van der Waals surface area contributed by atoms with Crippen LogP contribution < -0.4 is 0 Å². The molecule has 1 nitrogen and oxygen atoms in total. The van der Waals surface area contributed by atoms with E-state index in [0.29, 0.717) is 6.54 Å². The molecule has 0 saturated heterocycles. The third kappa shape index (κ3) is 3.95. The van der Waals surface area contributed by atoms with Crippen molar-refractivity contribution in [3.05, 3.63) is 58.0 Å². The van der Waals surface area contributed by atoms with Crippen molar-refractivity contribution < 1.29 is 4.39 Å². The molecule has 0 N–H and O–H groups in total. The summed E-state index contributed by atoms with van der Waals surface area (Å²) in [5, 5.41) is 0.862. The second-order valence-corrected chi connectivity index (χ2v) is 8.39. The standard InChI is InChI=1S/C22H29ClFN/c1-4-16-8-9-19-21(20(23)11-13-22(19,2)12-10-16)25(3)15-17-6-5-7-18(24)14-17/h5-7,11,14,16H,4,8-10,12-13,15H2,1-3H3. The fourth-order valence-electron chi connectivity index (χ4n) is 4.46. The highest BCUT2D eigenvalue weighted by Gasteiger charge is 2.37. The summed E-state index contributed by atoms with van der Waals surface area (Å²) in [6.07, 6.45) is 9.41. The first-order chi connectivity index (χ1) is 11.9. The van der Waals surface area contributed by atoms with E-state index in [0.717, 1.165) is 29.4 Å². The van der Waals surface area contributed by atoms with Gasteiger partial charge in [-0.05, 0) is 66.7 Å². The summed E-state index contributed by atoms with van der Waals surface area (Å²) >= 11 is 6.67. The molecule has 136 valence electrons. The van der Waals surface area contributed by atoms with Crippen molar-refractivity contribution in [1.82, 2.24) is 4.90 Å². The first-order valence-electron chi connectivity index (χ1n) is 9.48. The van der Waals surface area contributed by atoms with E-state index >= 15 is 0 Å². The zero-order valence-electron chi connectivity index (χ0n) is 15.6. The second-order valence-electron chi connectivity index (χ2n) is 7.98. The van der Waals surface area contributed by atoms with Crippen LogP contribution in [0.3, 0.4) is 0 Å². The monoisotopic (exact) mass is 361 g/mol. The molecule has 2 atom stereocenters. The lowest BCUT2D eigenvalue weighted by Crippen LogP contribution is -2.29. The SMILES string of the molecule is CCC1CCC2=C(N(C)Cc3cccc(F)c3)C(Cl)=CCC2(C)CC1. The first-order valence-corrected chi connectivity index (χ1v) is 9.86. The number of hydrogen-bond donors (Lipinski definition) is 0. The topological polar surface area (TPSA) is 3.24 Å². The highest BCUT2D eigenvalue weighted by Crippen LogP contribution is 2.50. The van der Waals surface area contributed by atoms with E-state index in [4.69, 9.17) is 11.6 Å². The van der Waals surface area contributed by atoms with Gasteiger partial charge in [0.1, 0.15) is 5.82 Å². The minimum absolute atomic E-state index is 0.182. The van der Waals surface area contributed by atoms with E-state index in [1.54, 1.807) is 12.1 Å². The minimum Gasteiger partial charge on any atom is -0.369 e. The van der Waals surface area contributed by atoms with Crippen LogP contribution in [-0.2, 0) is 6.54 Å². The number of nitrogens with zero attached hydrogens (tertiary/aromatic N) is 1. The van der Waals surface area contributed by atoms with E-state index in [-0.39, 0.29) is 11.2 Å². The van der Waals surface area contributed by atoms with Crippen molar-refractivity contribution in [2.75, 3.05) is 7.05 Å². The van der Waals surface area contributed by atoms with Crippen molar-refractivity contribution >= 4 is 11.6 Å². The van der Waals surface area contributed by atoms with Gasteiger partial charge in [-0.15, -0.1) is 0 Å². The number of likely N-dealkylation sites (N-methyl/N-ethyl adjacent to an activating group) is 1. The largest absolute Gasteiger partial charge is 0.369 e. The Bertz CT molecular complexity index is 693. The Morgan fingerprint density at radius 2 is 2.12 bits per heavy atom. The predicted octanol–water partition coefficient (Wildman–Crippen LogP) is 6.64. The van der Waals surface area contributed by atoms with Crippen LogP contribution in [0.1, 0.15) is 57.9 Å². The molecule has 2 aliphatic carbocycles. The fourth-order valence-corrected chi connectivity index (χ4v) is 4.80. The van der Waals surface area contributed by atoms with E-state index in [1.165, 1.54) is 43.0 Å². The van der Waals surface area contributed by atoms with Crippen molar-refractivity contribution in [3.63, 3.8) is 0 Å². The summed E-state index contributed by atoms with van der Waals surface area (Å²) < 4.78 is 13.5. The summed E-state index contributed by atoms with van der Waals surface area (Å²) in [5.41, 5.74) is 3.88. The van der Waals surface area contributed by atoms with Gasteiger partial charge in [-0.25, -0.2) is 4.39 Å². The maximum atomic E-state index is 13.5. The van der Waals surface area contributed by atoms with Crippen LogP contribution in [0.15, 0.2) is 46.6 Å². The molecule has 0 bridgehead atoms. The van der Waals surface area contributed by atoms with Gasteiger partial charge in [-0.2, -0.15) is 0 Å². The van der Waals surface area contributed by atoms with E-state index < -0.39 is 0 Å². The van der Waals surface area contributed by atoms with Gasteiger partial charge < -0.3 is 4.90 Å². The Morgan fingerprint density at radius 1 is 1.32 bits per heavy atom. The molecule has 1 saturated carbocycles. The number of allylic oxidation sites excluding steroid dienone is 3. The minimum atomic E-state index is -0.182. The smallest absolute Gasteiger partial charge is 0.123 e. The van der Waals surface area contributed by atoms with Crippen LogP contribution in [-0.4, -0.2) is 11.9 Å². The molecule has 3 rings (SSSR count). The van der Waals surface area contributed by atoms with Gasteiger partial charge in [0.15, 0.2) is 0 Å². The lowest BCUT2D eigenvalue weighted by molar-refractivity contribution is 0.316. The number of rotatable bonds is 4. The molecule has 3 heteroatoms. The van der Waals surface area contributed by atoms with Crippen molar-refractivity contribution in [3.8, 4) is 0 Å². The Kier molecular flexibility index (Phi) is 5.58. The molecule has 25 heavy (non-hydrogen) atoms. The van der Waals surface area contributed by atoms with Gasteiger partial charge in [-0.3, -0.25) is 0 Å². The Labute approximate surface area is 156 Å². The lowest BCUT2D eigenvalue weighted by Gasteiger charge is -2.39. The number of benzene rings is 1. The Balaban J connectivity index is 1.92. The molecule has 0 radical (unpaired) electrons. The zero-order chi connectivity index (χ0) is 18.0. The summed E-state index contributed by atoms with van der Waals surface area (Å²) in [6, 6.07) is 6.86. The number of hydrogen-bond acceptors (Lipinski definition) is 1. The Hall–Kier alpha value is -1.28. The van der Waals surface area contributed by atoms with Crippen LogP contribution in [0.2, 0.25) is 0 Å². The fraction of sp³-hybridized carbons (Fsp3) is 0.545. The average Bonchev–Trinajstić information content (AvgIpc) is 2.74. The molecule has 0 aromatic heterocycles. The Morgan fingerprint density at radius 3 is 2.84 bits per heavy atom. The van der Waals surface area contributed by atoms with E-state index in [9.17, 15) is 4.39 Å². The summed E-state index contributed by atoms with van der Waals surface area (Å²) in [6.45, 7) is 5.38. The van der Waals surface area contributed by atoms with Gasteiger partial charge in [0, 0.05) is 13.6 Å². The summed E-state index contributed by atoms with van der Waals surface area (Å²) in [7, 11) is 2.08. The highest BCUT2D eigenvalue weighted by molar-refractivity contribution is 6.32. The van der Waals surface area contributed by atoms with Crippen LogP contribution in [0.5, 0.6) is 0 Å². The van der Waals surface area contributed by atoms with Crippen molar-refractivity contribution in [2.24, 2.45) is 11.3 Å². The lowest BCUT2D eigenvalue weighted by atomic mass is 9.72. The molecule has 0 amide bonds. The van der Waals surface area contributed by atoms with Gasteiger partial charge in [0.05, 0.1) is 10.7 Å². The molecule has 2 unspecified atom stereocenters. The highest BCUT2D eigenvalue weighted by atomic mass is 35.5. The summed E-state index contributed by atoms with van der Waals surface area (Å²) in [5.74, 6) is 0.641. The zero-order valence-corrected chi connectivity index (χ0v) is 16.4. The predicted molar refractivity (Wildman–Crippen MR) is 104 cm³/mol. The van der Waals surface area contributed by atoms with Gasteiger partial charge in [0.2, 0.25) is 0 Å². The van der Waals surface area contributed by atoms with Crippen LogP contribution in [0.25, 0.3) is 0 Å². The third-order valence-corrected chi connectivity index (χ3v) is 6.48. The molecule has 0 spiro atoms. The van der Waals surface area contributed by atoms with Crippen LogP contribution in [0.4, 0.5) is 4.39 Å². The van der Waals surface area contributed by atoms with Crippen molar-refractivity contribution in [1.29, 1.82) is 0 Å². The molecule has 2 aliphatic rings. The average molecular weight is 362 g/mol. The molecule has 1 aromatic rings. The quantitative estimate of drug-likeness (QED) is 0.580. The third-order valence-electron chi connectivity index (χ3n) is 6.15. The van der Waals surface area contributed by atoms with Crippen molar-refractivity contribution in [2.45, 2.75) is 58.9 Å². The van der Waals surface area contributed by atoms with Gasteiger partial charge >= 0.3 is 0 Å². The van der Waals surface area contributed by atoms with E-state index in [2.05, 4.69) is 31.9 Å². The maximum absolute atomic E-state index is 13.5. The van der Waals surface area contributed by atoms with Crippen LogP contribution in [0, 0.1) is 17.2 Å². The number of fused-ring (bicyclic) bond motifs is 1. The van der Waals surface area contributed by atoms with Crippen LogP contribution >= 0.6 is 11.6 Å². The maximum Gasteiger partial charge on any atom is 0.123 e. The molecule has 1 aromatic carbocycles. The normalized spacial score (nSPS) is 26.8. The van der Waals surface area contributed by atoms with Gasteiger partial charge in [-0.1, -0.05) is 50.1 Å². The number of halogens is 2.